The van der Waals surface area contributed by atoms with Crippen LogP contribution >= 0.6 is 0 Å². The van der Waals surface area contributed by atoms with Crippen molar-refractivity contribution < 1.29 is 9.53 Å². The third kappa shape index (κ3) is 30.1. The van der Waals surface area contributed by atoms with Crippen molar-refractivity contribution in [3.63, 3.8) is 0 Å². The molecule has 5 fully saturated rings. The van der Waals surface area contributed by atoms with Gasteiger partial charge >= 0.3 is 0 Å². The molecule has 5 aliphatic heterocycles. The number of carbonyl (C=O) groups is 1. The zero-order chi connectivity index (χ0) is 73.3. The van der Waals surface area contributed by atoms with Crippen molar-refractivity contribution >= 4 is 28.9 Å². The van der Waals surface area contributed by atoms with Crippen LogP contribution < -0.4 is 30.7 Å². The lowest BCUT2D eigenvalue weighted by molar-refractivity contribution is 0.0342. The van der Waals surface area contributed by atoms with Crippen LogP contribution in [0.5, 0.6) is 0 Å². The van der Waals surface area contributed by atoms with Gasteiger partial charge in [-0.1, -0.05) is 212 Å². The van der Waals surface area contributed by atoms with E-state index in [4.69, 9.17) is 4.74 Å². The van der Waals surface area contributed by atoms with E-state index in [1.807, 2.05) is 43.6 Å². The highest BCUT2D eigenvalue weighted by molar-refractivity contribution is 5.94. The van der Waals surface area contributed by atoms with Crippen LogP contribution in [-0.4, -0.2) is 162 Å². The standard InChI is InChI=1S/C16H26N2.C15H23NO.C15H23N.C14H23N3.C14H21NO.C13H21N3.CH4/c1-16(2,3)13-5-7-14(8-6-13)17-15-9-11-18(4)12-10-15;1-15(2,3)14-6-4-13(5-7-14)12-16-8-10-17-11-9-16;1-15(2,3)13-7-9-14(10-8-13)16-11-5-4-6-12-16;1-14(2,3)12-5-6-13(15-11-12)17-9-7-16(4)8-10-17;1-5-10-15-13(16)11-6-8-12(9-7-11)14(2,3)4;1-13(2,3)11-4-5-12(15-10-11)16-8-6-14-7-9-16;/h5-8,15,17H,9-12H2,1-4H3;4-7H,8-12H2,1-3H3;7-10H,4-6,11-12H2,1-3H3;5-6,11H,7-10H2,1-4H3;6-9H,5,10H2,1-4H3,(H,15,16);4-5,10,14H,6-9H2,1-3H3;1H4. The Balaban J connectivity index is 0.000000218. The minimum Gasteiger partial charge on any atom is -0.382 e. The first-order valence-corrected chi connectivity index (χ1v) is 38.1. The number of amides is 1. The van der Waals surface area contributed by atoms with Crippen LogP contribution in [0.3, 0.4) is 0 Å². The second kappa shape index (κ2) is 40.1. The molecule has 0 spiro atoms. The van der Waals surface area contributed by atoms with Gasteiger partial charge in [-0.2, -0.15) is 0 Å². The van der Waals surface area contributed by atoms with E-state index in [2.05, 4.69) is 291 Å². The van der Waals surface area contributed by atoms with Crippen LogP contribution in [0.15, 0.2) is 134 Å². The first-order valence-electron chi connectivity index (χ1n) is 38.1. The Morgan fingerprint density at radius 3 is 1.27 bits per heavy atom. The third-order valence-corrected chi connectivity index (χ3v) is 19.7. The number of likely N-dealkylation sites (N-methyl/N-ethyl adjacent to an activating group) is 1. The molecule has 101 heavy (non-hydrogen) atoms. The number of hydrogen-bond acceptors (Lipinski definition) is 12. The summed E-state index contributed by atoms with van der Waals surface area (Å²) in [6.45, 7) is 61.4. The highest BCUT2D eigenvalue weighted by atomic mass is 16.5. The first-order chi connectivity index (χ1) is 47.1. The van der Waals surface area contributed by atoms with E-state index in [-0.39, 0.29) is 45.8 Å². The number of nitrogens with zero attached hydrogens (tertiary/aromatic N) is 8. The molecule has 560 valence electrons. The number of pyridine rings is 2. The van der Waals surface area contributed by atoms with Gasteiger partial charge in [0.05, 0.1) is 13.2 Å². The average Bonchev–Trinajstić information content (AvgIpc) is 0.877. The second-order valence-corrected chi connectivity index (χ2v) is 34.7. The number of hydrogen-bond donors (Lipinski definition) is 3. The molecule has 0 atom stereocenters. The van der Waals surface area contributed by atoms with Gasteiger partial charge in [-0.3, -0.25) is 9.69 Å². The van der Waals surface area contributed by atoms with Crippen molar-refractivity contribution in [1.29, 1.82) is 0 Å². The largest absolute Gasteiger partial charge is 0.382 e. The number of ether oxygens (including phenoxy) is 1. The van der Waals surface area contributed by atoms with Gasteiger partial charge in [0.15, 0.2) is 0 Å². The van der Waals surface area contributed by atoms with E-state index in [0.717, 1.165) is 115 Å². The van der Waals surface area contributed by atoms with E-state index >= 15 is 0 Å². The van der Waals surface area contributed by atoms with Crippen molar-refractivity contribution in [1.82, 2.24) is 35.3 Å². The van der Waals surface area contributed by atoms with Gasteiger partial charge in [0.25, 0.3) is 5.91 Å². The number of piperidine rings is 2. The maximum atomic E-state index is 11.7. The minimum absolute atomic E-state index is 0. The second-order valence-electron chi connectivity index (χ2n) is 34.7. The zero-order valence-corrected chi connectivity index (χ0v) is 66.6. The smallest absolute Gasteiger partial charge is 0.251 e. The molecule has 0 radical (unpaired) electrons. The summed E-state index contributed by atoms with van der Waals surface area (Å²) in [6.07, 6.45) is 11.6. The molecule has 1 amide bonds. The number of benzene rings is 4. The van der Waals surface area contributed by atoms with E-state index < -0.39 is 0 Å². The summed E-state index contributed by atoms with van der Waals surface area (Å²) in [6, 6.07) is 44.3. The van der Waals surface area contributed by atoms with Crippen LogP contribution in [0.25, 0.3) is 0 Å². The molecule has 2 aromatic heterocycles. The van der Waals surface area contributed by atoms with Crippen molar-refractivity contribution in [2.24, 2.45) is 0 Å². The topological polar surface area (TPSA) is 108 Å². The summed E-state index contributed by atoms with van der Waals surface area (Å²) in [7, 11) is 4.38. The number of piperazine rings is 2. The van der Waals surface area contributed by atoms with Crippen LogP contribution in [0, 0.1) is 0 Å². The summed E-state index contributed by atoms with van der Waals surface area (Å²) in [4.78, 5) is 35.3. The lowest BCUT2D eigenvalue weighted by Gasteiger charge is -2.33. The van der Waals surface area contributed by atoms with Crippen molar-refractivity contribution in [2.45, 2.75) is 223 Å². The normalized spacial score (nSPS) is 16.9. The zero-order valence-electron chi connectivity index (χ0n) is 66.6. The fourth-order valence-corrected chi connectivity index (χ4v) is 12.3. The van der Waals surface area contributed by atoms with Gasteiger partial charge in [0.2, 0.25) is 0 Å². The number of aromatic nitrogens is 2. The van der Waals surface area contributed by atoms with Crippen LogP contribution in [0.1, 0.15) is 227 Å². The monoisotopic (exact) mass is 1380 g/mol. The van der Waals surface area contributed by atoms with E-state index in [1.54, 1.807) is 0 Å². The fourth-order valence-electron chi connectivity index (χ4n) is 12.3. The van der Waals surface area contributed by atoms with E-state index in [0.29, 0.717) is 6.04 Å². The van der Waals surface area contributed by atoms with Gasteiger partial charge in [-0.25, -0.2) is 9.97 Å². The molecule has 11 rings (SSSR count). The maximum Gasteiger partial charge on any atom is 0.251 e. The number of nitrogens with one attached hydrogen (secondary N) is 3. The van der Waals surface area contributed by atoms with Crippen molar-refractivity contribution in [2.75, 3.05) is 145 Å². The van der Waals surface area contributed by atoms with Crippen molar-refractivity contribution in [3.8, 4) is 0 Å². The molecule has 7 heterocycles. The van der Waals surface area contributed by atoms with Crippen LogP contribution in [0.2, 0.25) is 0 Å². The summed E-state index contributed by atoms with van der Waals surface area (Å²) < 4.78 is 5.36. The quantitative estimate of drug-likeness (QED) is 0.122. The fraction of sp³-hybridized carbons (Fsp3) is 0.602. The lowest BCUT2D eigenvalue weighted by Crippen LogP contribution is -2.44. The first kappa shape index (κ1) is 85.3. The molecule has 13 heteroatoms. The minimum atomic E-state index is 0. The maximum absolute atomic E-state index is 11.7. The number of morpholine rings is 1. The molecule has 0 saturated carbocycles. The molecule has 5 aliphatic rings. The van der Waals surface area contributed by atoms with Gasteiger partial charge in [0.1, 0.15) is 11.6 Å². The molecule has 3 N–H and O–H groups in total. The molecule has 0 bridgehead atoms. The molecule has 6 aromatic rings. The highest BCUT2D eigenvalue weighted by Gasteiger charge is 2.23. The Bertz CT molecular complexity index is 3150. The highest BCUT2D eigenvalue weighted by Crippen LogP contribution is 2.30. The molecule has 4 aromatic carbocycles. The van der Waals surface area contributed by atoms with Gasteiger partial charge in [-0.05, 0) is 186 Å². The summed E-state index contributed by atoms with van der Waals surface area (Å²) in [5.74, 6) is 2.24. The lowest BCUT2D eigenvalue weighted by atomic mass is 9.86. The number of anilines is 4. The number of rotatable bonds is 10. The molecule has 13 nitrogen and oxygen atoms in total. The van der Waals surface area contributed by atoms with E-state index in [9.17, 15) is 4.79 Å². The average molecular weight is 1390 g/mol. The number of likely N-dealkylation sites (tertiary alicyclic amines) is 1. The van der Waals surface area contributed by atoms with Gasteiger partial charge in [0, 0.05) is 127 Å². The van der Waals surface area contributed by atoms with Gasteiger partial charge < -0.3 is 45.2 Å². The Kier molecular flexibility index (Phi) is 33.8. The van der Waals surface area contributed by atoms with Crippen molar-refractivity contribution in [3.05, 3.63) is 178 Å². The Hall–Kier alpha value is -6.35. The van der Waals surface area contributed by atoms with Crippen LogP contribution in [0.4, 0.5) is 23.0 Å². The number of carbonyl (C=O) groups excluding carboxylic acids is 1. The van der Waals surface area contributed by atoms with Gasteiger partial charge in [-0.15, -0.1) is 0 Å². The Morgan fingerprint density at radius 1 is 0.455 bits per heavy atom. The molecule has 0 aliphatic carbocycles. The molecule has 5 saturated heterocycles. The third-order valence-electron chi connectivity index (χ3n) is 19.7. The summed E-state index contributed by atoms with van der Waals surface area (Å²) >= 11 is 0. The predicted molar refractivity (Wildman–Crippen MR) is 437 cm³/mol. The summed E-state index contributed by atoms with van der Waals surface area (Å²) in [5, 5.41) is 9.87. The summed E-state index contributed by atoms with van der Waals surface area (Å²) in [5.41, 5.74) is 14.1. The SMILES string of the molecule is C.CC(C)(C)c1ccc(CN2CCOCC2)cc1.CC(C)(C)c1ccc(N2CCCCC2)cc1.CC(C)(C)c1ccc(N2CCNCC2)nc1.CCCNC(=O)c1ccc(C(C)(C)C)cc1.CN1CCC(Nc2ccc(C(C)(C)C)cc2)CC1.CN1CCN(c2ccc(C(C)(C)C)cn2)CC1. The molecular formula is C88H141N11O2. The van der Waals surface area contributed by atoms with Crippen LogP contribution in [-0.2, 0) is 43.8 Å². The molecular weight excluding hydrogens is 1240 g/mol. The predicted octanol–water partition coefficient (Wildman–Crippen LogP) is 18.0. The molecule has 0 unspecified atom stereocenters. The Labute approximate surface area is 616 Å². The van der Waals surface area contributed by atoms with E-state index in [1.165, 1.54) is 109 Å². The Morgan fingerprint density at radius 2 is 0.851 bits per heavy atom.